The highest BCUT2D eigenvalue weighted by Crippen LogP contribution is 2.16. The number of imide groups is 1. The first-order valence-corrected chi connectivity index (χ1v) is 8.07. The normalized spacial score (nSPS) is 17.0. The summed E-state index contributed by atoms with van der Waals surface area (Å²) in [5.41, 5.74) is 0.806. The Labute approximate surface area is 147 Å². The fourth-order valence-electron chi connectivity index (χ4n) is 2.45. The molecule has 8 heteroatoms. The smallest absolute Gasteiger partial charge is 0.325 e. The van der Waals surface area contributed by atoms with Gasteiger partial charge in [-0.2, -0.15) is 0 Å². The van der Waals surface area contributed by atoms with Gasteiger partial charge in [0, 0.05) is 13.1 Å². The standard InChI is InChI=1S/C17H24N4O4/c1-20(2)9-8-18-15(22)10-14-16(23)21(17(24)19-14)11-12-4-6-13(25-3)7-5-12/h4-7,14H,8-11H2,1-3H3,(H,18,22)(H,19,24)/t14-/m1/s1. The fourth-order valence-corrected chi connectivity index (χ4v) is 2.45. The minimum Gasteiger partial charge on any atom is -0.497 e. The van der Waals surface area contributed by atoms with E-state index in [1.807, 2.05) is 19.0 Å². The quantitative estimate of drug-likeness (QED) is 0.654. The van der Waals surface area contributed by atoms with E-state index in [-0.39, 0.29) is 24.8 Å². The summed E-state index contributed by atoms with van der Waals surface area (Å²) < 4.78 is 5.08. The van der Waals surface area contributed by atoms with Crippen molar-refractivity contribution in [3.63, 3.8) is 0 Å². The molecule has 1 aliphatic rings. The number of carbonyl (C=O) groups is 3. The van der Waals surface area contributed by atoms with Crippen LogP contribution < -0.4 is 15.4 Å². The van der Waals surface area contributed by atoms with Gasteiger partial charge in [-0.1, -0.05) is 12.1 Å². The topological polar surface area (TPSA) is 91.0 Å². The zero-order valence-corrected chi connectivity index (χ0v) is 14.7. The van der Waals surface area contributed by atoms with Crippen molar-refractivity contribution in [1.29, 1.82) is 0 Å². The van der Waals surface area contributed by atoms with Crippen LogP contribution in [0.1, 0.15) is 12.0 Å². The molecule has 0 radical (unpaired) electrons. The molecule has 0 spiro atoms. The van der Waals surface area contributed by atoms with Gasteiger partial charge in [0.1, 0.15) is 11.8 Å². The van der Waals surface area contributed by atoms with Gasteiger partial charge in [0.05, 0.1) is 20.1 Å². The Morgan fingerprint density at radius 1 is 1.28 bits per heavy atom. The second kappa shape index (κ2) is 8.48. The molecule has 25 heavy (non-hydrogen) atoms. The first-order chi connectivity index (χ1) is 11.9. The number of likely N-dealkylation sites (N-methyl/N-ethyl adjacent to an activating group) is 1. The largest absolute Gasteiger partial charge is 0.497 e. The van der Waals surface area contributed by atoms with E-state index in [0.717, 1.165) is 10.5 Å². The monoisotopic (exact) mass is 348 g/mol. The molecule has 1 aliphatic heterocycles. The predicted octanol–water partition coefficient (Wildman–Crippen LogP) is 0.184. The number of hydrogen-bond donors (Lipinski definition) is 2. The number of amides is 4. The highest BCUT2D eigenvalue weighted by Gasteiger charge is 2.38. The number of methoxy groups -OCH3 is 1. The first-order valence-electron chi connectivity index (χ1n) is 8.07. The minimum absolute atomic E-state index is 0.0584. The molecule has 2 N–H and O–H groups in total. The van der Waals surface area contributed by atoms with E-state index in [4.69, 9.17) is 4.74 Å². The summed E-state index contributed by atoms with van der Waals surface area (Å²) in [4.78, 5) is 39.4. The molecule has 8 nitrogen and oxygen atoms in total. The van der Waals surface area contributed by atoms with Gasteiger partial charge in [0.15, 0.2) is 0 Å². The van der Waals surface area contributed by atoms with Gasteiger partial charge >= 0.3 is 6.03 Å². The number of hydrogen-bond acceptors (Lipinski definition) is 5. The van der Waals surface area contributed by atoms with Crippen molar-refractivity contribution in [2.45, 2.75) is 19.0 Å². The van der Waals surface area contributed by atoms with E-state index in [9.17, 15) is 14.4 Å². The molecule has 0 aliphatic carbocycles. The number of benzene rings is 1. The Morgan fingerprint density at radius 3 is 2.56 bits per heavy atom. The van der Waals surface area contributed by atoms with E-state index >= 15 is 0 Å². The van der Waals surface area contributed by atoms with Crippen molar-refractivity contribution < 1.29 is 19.1 Å². The number of nitrogens with one attached hydrogen (secondary N) is 2. The molecule has 0 unspecified atom stereocenters. The minimum atomic E-state index is -0.815. The molecule has 0 bridgehead atoms. The molecular weight excluding hydrogens is 324 g/mol. The Balaban J connectivity index is 1.89. The summed E-state index contributed by atoms with van der Waals surface area (Å²) >= 11 is 0. The molecule has 1 saturated heterocycles. The van der Waals surface area contributed by atoms with Crippen molar-refractivity contribution in [3.05, 3.63) is 29.8 Å². The highest BCUT2D eigenvalue weighted by atomic mass is 16.5. The van der Waals surface area contributed by atoms with Gasteiger partial charge < -0.3 is 20.3 Å². The highest BCUT2D eigenvalue weighted by molar-refractivity contribution is 6.05. The molecule has 4 amide bonds. The Hall–Kier alpha value is -2.61. The molecule has 1 aromatic carbocycles. The average molecular weight is 348 g/mol. The van der Waals surface area contributed by atoms with Crippen molar-refractivity contribution in [2.75, 3.05) is 34.3 Å². The SMILES string of the molecule is COc1ccc(CN2C(=O)N[C@H](CC(=O)NCCN(C)C)C2=O)cc1. The first kappa shape index (κ1) is 18.7. The Morgan fingerprint density at radius 2 is 1.96 bits per heavy atom. The van der Waals surface area contributed by atoms with E-state index in [1.54, 1.807) is 31.4 Å². The summed E-state index contributed by atoms with van der Waals surface area (Å²) in [6.45, 7) is 1.37. The number of ether oxygens (including phenoxy) is 1. The van der Waals surface area contributed by atoms with E-state index < -0.39 is 12.1 Å². The molecule has 0 saturated carbocycles. The van der Waals surface area contributed by atoms with Crippen LogP contribution in [-0.2, 0) is 16.1 Å². The number of rotatable bonds is 8. The van der Waals surface area contributed by atoms with Crippen LogP contribution in [0, 0.1) is 0 Å². The fraction of sp³-hybridized carbons (Fsp3) is 0.471. The second-order valence-corrected chi connectivity index (χ2v) is 6.13. The van der Waals surface area contributed by atoms with E-state index in [2.05, 4.69) is 10.6 Å². The summed E-state index contributed by atoms with van der Waals surface area (Å²) in [6.07, 6.45) is -0.0584. The summed E-state index contributed by atoms with van der Waals surface area (Å²) in [5, 5.41) is 5.31. The van der Waals surface area contributed by atoms with Crippen LogP contribution in [0.15, 0.2) is 24.3 Å². The zero-order valence-electron chi connectivity index (χ0n) is 14.7. The third kappa shape index (κ3) is 5.18. The van der Waals surface area contributed by atoms with Crippen molar-refractivity contribution in [3.8, 4) is 5.75 Å². The molecule has 0 aromatic heterocycles. The summed E-state index contributed by atoms with van der Waals surface area (Å²) in [7, 11) is 5.38. The lowest BCUT2D eigenvalue weighted by Gasteiger charge is -2.14. The summed E-state index contributed by atoms with van der Waals surface area (Å²) in [6, 6.07) is 5.82. The van der Waals surface area contributed by atoms with Gasteiger partial charge in [0.25, 0.3) is 5.91 Å². The predicted molar refractivity (Wildman–Crippen MR) is 92.0 cm³/mol. The van der Waals surface area contributed by atoms with Crippen LogP contribution in [-0.4, -0.2) is 68.0 Å². The molecule has 1 heterocycles. The molecule has 2 rings (SSSR count). The maximum Gasteiger partial charge on any atom is 0.325 e. The number of urea groups is 1. The summed E-state index contributed by atoms with van der Waals surface area (Å²) in [5.74, 6) is 0.0589. The second-order valence-electron chi connectivity index (χ2n) is 6.13. The van der Waals surface area contributed by atoms with Crippen LogP contribution >= 0.6 is 0 Å². The number of nitrogens with zero attached hydrogens (tertiary/aromatic N) is 2. The molecule has 136 valence electrons. The van der Waals surface area contributed by atoms with Crippen molar-refractivity contribution in [1.82, 2.24) is 20.4 Å². The van der Waals surface area contributed by atoms with E-state index in [0.29, 0.717) is 18.8 Å². The van der Waals surface area contributed by atoms with Crippen LogP contribution in [0.5, 0.6) is 5.75 Å². The van der Waals surface area contributed by atoms with Gasteiger partial charge in [0.2, 0.25) is 5.91 Å². The van der Waals surface area contributed by atoms with Gasteiger partial charge in [-0.25, -0.2) is 4.79 Å². The van der Waals surface area contributed by atoms with Crippen LogP contribution in [0.3, 0.4) is 0 Å². The van der Waals surface area contributed by atoms with Crippen LogP contribution in [0.2, 0.25) is 0 Å². The molecule has 1 fully saturated rings. The van der Waals surface area contributed by atoms with Gasteiger partial charge in [-0.05, 0) is 31.8 Å². The van der Waals surface area contributed by atoms with Crippen molar-refractivity contribution >= 4 is 17.8 Å². The lowest BCUT2D eigenvalue weighted by molar-refractivity contribution is -0.131. The van der Waals surface area contributed by atoms with Crippen LogP contribution in [0.25, 0.3) is 0 Å². The third-order valence-electron chi connectivity index (χ3n) is 3.88. The van der Waals surface area contributed by atoms with Crippen molar-refractivity contribution in [2.24, 2.45) is 0 Å². The zero-order chi connectivity index (χ0) is 18.4. The molecular formula is C17H24N4O4. The lowest BCUT2D eigenvalue weighted by Crippen LogP contribution is -2.38. The van der Waals surface area contributed by atoms with E-state index in [1.165, 1.54) is 0 Å². The third-order valence-corrected chi connectivity index (χ3v) is 3.88. The maximum atomic E-state index is 12.4. The van der Waals surface area contributed by atoms with Crippen LogP contribution in [0.4, 0.5) is 4.79 Å². The maximum absolute atomic E-state index is 12.4. The Kier molecular flexibility index (Phi) is 6.35. The Bertz CT molecular complexity index is 630. The van der Waals surface area contributed by atoms with Gasteiger partial charge in [-0.3, -0.25) is 14.5 Å². The lowest BCUT2D eigenvalue weighted by atomic mass is 10.1. The number of carbonyl (C=O) groups excluding carboxylic acids is 3. The average Bonchev–Trinajstić information content (AvgIpc) is 2.82. The molecule has 1 atom stereocenters. The molecule has 1 aromatic rings. The van der Waals surface area contributed by atoms with Gasteiger partial charge in [-0.15, -0.1) is 0 Å².